The fraction of sp³-hybridized carbons (Fsp3) is 0.250. The van der Waals surface area contributed by atoms with Crippen LogP contribution in [0, 0.1) is 0 Å². The van der Waals surface area contributed by atoms with E-state index in [1.807, 2.05) is 61.5 Å². The van der Waals surface area contributed by atoms with Gasteiger partial charge in [0.2, 0.25) is 0 Å². The third kappa shape index (κ3) is 5.73. The first-order chi connectivity index (χ1) is 14.6. The van der Waals surface area contributed by atoms with Gasteiger partial charge in [-0.15, -0.1) is 0 Å². The Morgan fingerprint density at radius 2 is 1.67 bits per heavy atom. The number of rotatable bonds is 9. The Bertz CT molecular complexity index is 964. The highest BCUT2D eigenvalue weighted by molar-refractivity contribution is 5.89. The number of aryl methyl sites for hydroxylation is 1. The van der Waals surface area contributed by atoms with Crippen molar-refractivity contribution in [3.63, 3.8) is 0 Å². The summed E-state index contributed by atoms with van der Waals surface area (Å²) in [5, 5.41) is 0. The minimum atomic E-state index is -0.508. The first-order valence-electron chi connectivity index (χ1n) is 9.88. The van der Waals surface area contributed by atoms with Gasteiger partial charge in [-0.3, -0.25) is 4.79 Å². The van der Waals surface area contributed by atoms with E-state index in [0.717, 1.165) is 16.9 Å². The average Bonchev–Trinajstić information content (AvgIpc) is 3.21. The summed E-state index contributed by atoms with van der Waals surface area (Å²) >= 11 is 0. The number of likely N-dealkylation sites (N-methyl/N-ethyl adjacent to an activating group) is 1. The van der Waals surface area contributed by atoms with Crippen molar-refractivity contribution in [2.45, 2.75) is 20.1 Å². The number of hydrogen-bond acceptors (Lipinski definition) is 4. The molecule has 0 fully saturated rings. The molecule has 0 aliphatic rings. The monoisotopic (exact) mass is 406 g/mol. The van der Waals surface area contributed by atoms with Crippen LogP contribution in [0.2, 0.25) is 0 Å². The van der Waals surface area contributed by atoms with Crippen molar-refractivity contribution >= 4 is 11.9 Å². The molecule has 6 nitrogen and oxygen atoms in total. The Morgan fingerprint density at radius 3 is 2.30 bits per heavy atom. The number of amides is 1. The standard InChI is InChI=1S/C24H26N2O4/c1-3-26(23(27)18-30-24(28)22-10-7-15-25(22)2)16-19-11-13-21(14-12-19)29-17-20-8-5-4-6-9-20/h4-15H,3,16-18H2,1-2H3. The molecule has 0 saturated heterocycles. The molecule has 6 heteroatoms. The minimum Gasteiger partial charge on any atom is -0.489 e. The lowest BCUT2D eigenvalue weighted by Gasteiger charge is -2.21. The van der Waals surface area contributed by atoms with E-state index in [1.165, 1.54) is 0 Å². The van der Waals surface area contributed by atoms with Crippen molar-refractivity contribution in [3.05, 3.63) is 89.7 Å². The van der Waals surface area contributed by atoms with Gasteiger partial charge in [0.1, 0.15) is 18.1 Å². The van der Waals surface area contributed by atoms with E-state index in [-0.39, 0.29) is 12.5 Å². The number of aromatic nitrogens is 1. The van der Waals surface area contributed by atoms with Crippen LogP contribution in [-0.4, -0.2) is 34.5 Å². The largest absolute Gasteiger partial charge is 0.489 e. The van der Waals surface area contributed by atoms with Gasteiger partial charge >= 0.3 is 5.97 Å². The summed E-state index contributed by atoms with van der Waals surface area (Å²) < 4.78 is 12.6. The molecule has 30 heavy (non-hydrogen) atoms. The van der Waals surface area contributed by atoms with Crippen LogP contribution in [0.1, 0.15) is 28.5 Å². The van der Waals surface area contributed by atoms with Gasteiger partial charge < -0.3 is 18.9 Å². The number of benzene rings is 2. The Morgan fingerprint density at radius 1 is 0.933 bits per heavy atom. The number of nitrogens with zero attached hydrogens (tertiary/aromatic N) is 2. The summed E-state index contributed by atoms with van der Waals surface area (Å²) in [5.74, 6) is 0.0322. The molecule has 1 amide bonds. The van der Waals surface area contributed by atoms with Crippen LogP contribution in [-0.2, 0) is 29.7 Å². The van der Waals surface area contributed by atoms with Gasteiger partial charge in [0, 0.05) is 26.3 Å². The number of carbonyl (C=O) groups excluding carboxylic acids is 2. The van der Waals surface area contributed by atoms with E-state index in [9.17, 15) is 9.59 Å². The van der Waals surface area contributed by atoms with Gasteiger partial charge in [0.15, 0.2) is 6.61 Å². The first-order valence-corrected chi connectivity index (χ1v) is 9.88. The van der Waals surface area contributed by atoms with Crippen LogP contribution in [0.3, 0.4) is 0 Å². The third-order valence-corrected chi connectivity index (χ3v) is 4.76. The lowest BCUT2D eigenvalue weighted by Crippen LogP contribution is -2.34. The van der Waals surface area contributed by atoms with Crippen molar-refractivity contribution in [2.24, 2.45) is 7.05 Å². The maximum absolute atomic E-state index is 12.5. The summed E-state index contributed by atoms with van der Waals surface area (Å²) in [7, 11) is 1.75. The maximum Gasteiger partial charge on any atom is 0.355 e. The molecule has 0 aliphatic carbocycles. The number of hydrogen-bond donors (Lipinski definition) is 0. The summed E-state index contributed by atoms with van der Waals surface area (Å²) in [4.78, 5) is 26.2. The molecule has 1 heterocycles. The molecule has 2 aromatic carbocycles. The highest BCUT2D eigenvalue weighted by Crippen LogP contribution is 2.16. The van der Waals surface area contributed by atoms with Gasteiger partial charge in [-0.1, -0.05) is 42.5 Å². The maximum atomic E-state index is 12.5. The van der Waals surface area contributed by atoms with Crippen LogP contribution in [0.4, 0.5) is 0 Å². The molecular formula is C24H26N2O4. The molecule has 0 radical (unpaired) electrons. The SMILES string of the molecule is CCN(Cc1ccc(OCc2ccccc2)cc1)C(=O)COC(=O)c1cccn1C. The fourth-order valence-electron chi connectivity index (χ4n) is 2.99. The lowest BCUT2D eigenvalue weighted by molar-refractivity contribution is -0.135. The van der Waals surface area contributed by atoms with Crippen LogP contribution in [0.15, 0.2) is 72.9 Å². The molecular weight excluding hydrogens is 380 g/mol. The molecule has 0 spiro atoms. The van der Waals surface area contributed by atoms with Crippen molar-refractivity contribution < 1.29 is 19.1 Å². The average molecular weight is 406 g/mol. The lowest BCUT2D eigenvalue weighted by atomic mass is 10.2. The predicted molar refractivity (Wildman–Crippen MR) is 114 cm³/mol. The zero-order chi connectivity index (χ0) is 21.3. The van der Waals surface area contributed by atoms with E-state index in [1.54, 1.807) is 34.8 Å². The van der Waals surface area contributed by atoms with Crippen molar-refractivity contribution in [1.82, 2.24) is 9.47 Å². The molecule has 0 aliphatic heterocycles. The predicted octanol–water partition coefficient (Wildman–Crippen LogP) is 3.81. The fourth-order valence-corrected chi connectivity index (χ4v) is 2.99. The molecule has 0 atom stereocenters. The second kappa shape index (κ2) is 10.3. The van der Waals surface area contributed by atoms with E-state index in [2.05, 4.69) is 0 Å². The van der Waals surface area contributed by atoms with E-state index >= 15 is 0 Å². The van der Waals surface area contributed by atoms with E-state index < -0.39 is 5.97 Å². The van der Waals surface area contributed by atoms with Crippen LogP contribution in [0.5, 0.6) is 5.75 Å². The highest BCUT2D eigenvalue weighted by Gasteiger charge is 2.17. The normalized spacial score (nSPS) is 10.5. The second-order valence-electron chi connectivity index (χ2n) is 6.91. The topological polar surface area (TPSA) is 60.8 Å². The Labute approximate surface area is 176 Å². The number of ether oxygens (including phenoxy) is 2. The Balaban J connectivity index is 1.50. The van der Waals surface area contributed by atoms with Crippen LogP contribution in [0.25, 0.3) is 0 Å². The smallest absolute Gasteiger partial charge is 0.355 e. The van der Waals surface area contributed by atoms with Crippen LogP contribution >= 0.6 is 0 Å². The zero-order valence-electron chi connectivity index (χ0n) is 17.3. The van der Waals surface area contributed by atoms with Gasteiger partial charge in [0.25, 0.3) is 5.91 Å². The molecule has 3 rings (SSSR count). The Kier molecular flexibility index (Phi) is 7.27. The third-order valence-electron chi connectivity index (χ3n) is 4.76. The van der Waals surface area contributed by atoms with Crippen molar-refractivity contribution in [3.8, 4) is 5.75 Å². The molecule has 156 valence electrons. The van der Waals surface area contributed by atoms with Gasteiger partial charge in [-0.05, 0) is 42.3 Å². The number of esters is 1. The number of carbonyl (C=O) groups is 2. The Hall–Kier alpha value is -3.54. The van der Waals surface area contributed by atoms with E-state index in [0.29, 0.717) is 25.4 Å². The highest BCUT2D eigenvalue weighted by atomic mass is 16.5. The first kappa shape index (κ1) is 21.2. The molecule has 0 unspecified atom stereocenters. The minimum absolute atomic E-state index is 0.232. The molecule has 3 aromatic rings. The second-order valence-corrected chi connectivity index (χ2v) is 6.91. The summed E-state index contributed by atoms with van der Waals surface area (Å²) in [6.45, 7) is 3.08. The van der Waals surface area contributed by atoms with Gasteiger partial charge in [-0.2, -0.15) is 0 Å². The molecule has 0 N–H and O–H groups in total. The summed E-state index contributed by atoms with van der Waals surface area (Å²) in [5.41, 5.74) is 2.50. The summed E-state index contributed by atoms with van der Waals surface area (Å²) in [6, 6.07) is 21.0. The van der Waals surface area contributed by atoms with Crippen molar-refractivity contribution in [1.29, 1.82) is 0 Å². The quantitative estimate of drug-likeness (QED) is 0.507. The van der Waals surface area contributed by atoms with Gasteiger partial charge in [0.05, 0.1) is 0 Å². The molecule has 0 bridgehead atoms. The van der Waals surface area contributed by atoms with Crippen LogP contribution < -0.4 is 4.74 Å². The molecule has 1 aromatic heterocycles. The van der Waals surface area contributed by atoms with Gasteiger partial charge in [-0.25, -0.2) is 4.79 Å². The van der Waals surface area contributed by atoms with E-state index in [4.69, 9.17) is 9.47 Å². The van der Waals surface area contributed by atoms with Crippen molar-refractivity contribution in [2.75, 3.05) is 13.2 Å². The summed E-state index contributed by atoms with van der Waals surface area (Å²) in [6.07, 6.45) is 1.75. The zero-order valence-corrected chi connectivity index (χ0v) is 17.3. The molecule has 0 saturated carbocycles.